The van der Waals surface area contributed by atoms with Crippen molar-refractivity contribution in [2.45, 2.75) is 270 Å². The third-order valence-corrected chi connectivity index (χ3v) is 11.4. The van der Waals surface area contributed by atoms with Crippen molar-refractivity contribution in [3.63, 3.8) is 0 Å². The highest BCUT2D eigenvalue weighted by Crippen LogP contribution is 2.15. The Hall–Kier alpha value is -1.92. The van der Waals surface area contributed by atoms with E-state index in [0.717, 1.165) is 57.8 Å². The molecule has 0 heterocycles. The van der Waals surface area contributed by atoms with Gasteiger partial charge in [-0.15, -0.1) is 0 Å². The summed E-state index contributed by atoms with van der Waals surface area (Å²) in [5, 5.41) is 23.0. The molecule has 0 aliphatic carbocycles. The normalized spacial score (nSPS) is 13.0. The number of hydrogen-bond acceptors (Lipinski definition) is 5. The molecule has 58 heavy (non-hydrogen) atoms. The smallest absolute Gasteiger partial charge is 0.305 e. The van der Waals surface area contributed by atoms with E-state index in [0.29, 0.717) is 25.9 Å². The van der Waals surface area contributed by atoms with Crippen molar-refractivity contribution in [3.8, 4) is 0 Å². The molecule has 2 atom stereocenters. The van der Waals surface area contributed by atoms with Gasteiger partial charge in [-0.3, -0.25) is 9.59 Å². The van der Waals surface area contributed by atoms with E-state index in [1.54, 1.807) is 0 Å². The Balaban J connectivity index is 3.43. The molecule has 0 aromatic heterocycles. The Morgan fingerprint density at radius 3 is 1.40 bits per heavy atom. The van der Waals surface area contributed by atoms with E-state index in [1.807, 2.05) is 0 Å². The maximum atomic E-state index is 12.4. The second-order valence-corrected chi connectivity index (χ2v) is 17.1. The summed E-state index contributed by atoms with van der Waals surface area (Å²) in [5.41, 5.74) is 0. The largest absolute Gasteiger partial charge is 0.466 e. The highest BCUT2D eigenvalue weighted by molar-refractivity contribution is 5.76. The van der Waals surface area contributed by atoms with Gasteiger partial charge in [-0.05, 0) is 77.0 Å². The number of aliphatic hydroxyl groups excluding tert-OH is 2. The fourth-order valence-corrected chi connectivity index (χ4v) is 7.49. The van der Waals surface area contributed by atoms with Gasteiger partial charge in [-0.1, -0.05) is 204 Å². The molecule has 0 aromatic rings. The Labute approximate surface area is 360 Å². The third kappa shape index (κ3) is 43.7. The van der Waals surface area contributed by atoms with Crippen LogP contribution in [0, 0.1) is 0 Å². The number of amides is 1. The van der Waals surface area contributed by atoms with Crippen LogP contribution < -0.4 is 5.32 Å². The minimum atomic E-state index is -0.668. The second-order valence-electron chi connectivity index (χ2n) is 17.1. The Morgan fingerprint density at radius 2 is 0.897 bits per heavy atom. The molecule has 6 heteroatoms. The topological polar surface area (TPSA) is 95.9 Å². The Bertz CT molecular complexity index is 946. The molecule has 0 saturated carbocycles. The van der Waals surface area contributed by atoms with Crippen molar-refractivity contribution in [3.05, 3.63) is 36.5 Å². The van der Waals surface area contributed by atoms with Crippen molar-refractivity contribution in [1.82, 2.24) is 5.32 Å². The molecule has 0 bridgehead atoms. The summed E-state index contributed by atoms with van der Waals surface area (Å²) in [6.45, 7) is 4.84. The maximum absolute atomic E-state index is 12.4. The van der Waals surface area contributed by atoms with E-state index < -0.39 is 12.1 Å². The highest BCUT2D eigenvalue weighted by atomic mass is 16.5. The number of ether oxygens (including phenoxy) is 1. The summed E-state index contributed by atoms with van der Waals surface area (Å²) in [6.07, 6.45) is 56.9. The van der Waals surface area contributed by atoms with E-state index in [2.05, 4.69) is 55.6 Å². The van der Waals surface area contributed by atoms with Crippen LogP contribution in [0.25, 0.3) is 0 Å². The van der Waals surface area contributed by atoms with Crippen LogP contribution in [0.4, 0.5) is 0 Å². The lowest BCUT2D eigenvalue weighted by Crippen LogP contribution is -2.45. The first-order chi connectivity index (χ1) is 28.5. The monoisotopic (exact) mass is 816 g/mol. The number of allylic oxidation sites excluding steroid dienone is 6. The number of hydrogen-bond donors (Lipinski definition) is 3. The molecule has 0 aliphatic rings. The van der Waals surface area contributed by atoms with Gasteiger partial charge in [0.2, 0.25) is 5.91 Å². The fourth-order valence-electron chi connectivity index (χ4n) is 7.49. The number of carbonyl (C=O) groups is 2. The van der Waals surface area contributed by atoms with Gasteiger partial charge in [0.15, 0.2) is 0 Å². The van der Waals surface area contributed by atoms with Crippen LogP contribution in [0.1, 0.15) is 258 Å². The molecule has 3 N–H and O–H groups in total. The first-order valence-electron chi connectivity index (χ1n) is 25.2. The molecule has 0 radical (unpaired) electrons. The molecule has 0 saturated heterocycles. The predicted molar refractivity (Wildman–Crippen MR) is 250 cm³/mol. The van der Waals surface area contributed by atoms with E-state index in [4.69, 9.17) is 4.74 Å². The number of aliphatic hydroxyl groups is 2. The van der Waals surface area contributed by atoms with Gasteiger partial charge in [0.05, 0.1) is 25.4 Å². The van der Waals surface area contributed by atoms with Crippen molar-refractivity contribution in [1.29, 1.82) is 0 Å². The quantitative estimate of drug-likeness (QED) is 0.0323. The summed E-state index contributed by atoms with van der Waals surface area (Å²) in [5.74, 6) is -0.0608. The van der Waals surface area contributed by atoms with E-state index in [9.17, 15) is 19.8 Å². The van der Waals surface area contributed by atoms with Gasteiger partial charge in [0.1, 0.15) is 0 Å². The van der Waals surface area contributed by atoms with E-state index >= 15 is 0 Å². The molecule has 0 fully saturated rings. The third-order valence-electron chi connectivity index (χ3n) is 11.4. The van der Waals surface area contributed by atoms with Crippen molar-refractivity contribution < 1.29 is 24.5 Å². The molecule has 2 unspecified atom stereocenters. The molecular formula is C52H97NO5. The molecule has 340 valence electrons. The predicted octanol–water partition coefficient (Wildman–Crippen LogP) is 14.9. The van der Waals surface area contributed by atoms with Gasteiger partial charge in [-0.2, -0.15) is 0 Å². The first kappa shape index (κ1) is 56.1. The van der Waals surface area contributed by atoms with Crippen LogP contribution in [0.3, 0.4) is 0 Å². The summed E-state index contributed by atoms with van der Waals surface area (Å²) in [7, 11) is 0. The zero-order valence-electron chi connectivity index (χ0n) is 38.5. The molecule has 0 aliphatic heterocycles. The average Bonchev–Trinajstić information content (AvgIpc) is 3.22. The van der Waals surface area contributed by atoms with Gasteiger partial charge < -0.3 is 20.3 Å². The lowest BCUT2D eigenvalue weighted by atomic mass is 10.0. The van der Waals surface area contributed by atoms with E-state index in [-0.39, 0.29) is 18.5 Å². The van der Waals surface area contributed by atoms with Crippen molar-refractivity contribution in [2.75, 3.05) is 13.2 Å². The zero-order valence-corrected chi connectivity index (χ0v) is 38.5. The lowest BCUT2D eigenvalue weighted by molar-refractivity contribution is -0.143. The zero-order chi connectivity index (χ0) is 42.3. The minimum Gasteiger partial charge on any atom is -0.466 e. The highest BCUT2D eigenvalue weighted by Gasteiger charge is 2.20. The van der Waals surface area contributed by atoms with E-state index in [1.165, 1.54) is 167 Å². The van der Waals surface area contributed by atoms with Crippen LogP contribution >= 0.6 is 0 Å². The van der Waals surface area contributed by atoms with Gasteiger partial charge in [0, 0.05) is 12.8 Å². The maximum Gasteiger partial charge on any atom is 0.305 e. The second kappa shape index (κ2) is 47.8. The SMILES string of the molecule is CCC/C=C\C/C=C\CCCCCCCC(=O)OCCCCCCCCCC/C=C\CCCCCCCCCC(=O)NC(CO)C(O)CCCCCCCCCCC. The molecule has 6 nitrogen and oxygen atoms in total. The number of carbonyl (C=O) groups excluding carboxylic acids is 2. The van der Waals surface area contributed by atoms with Crippen LogP contribution in [0.15, 0.2) is 36.5 Å². The minimum absolute atomic E-state index is 0.0123. The molecule has 0 rings (SSSR count). The first-order valence-corrected chi connectivity index (χ1v) is 25.2. The molecule has 1 amide bonds. The number of rotatable bonds is 46. The number of esters is 1. The van der Waals surface area contributed by atoms with Crippen molar-refractivity contribution >= 4 is 11.9 Å². The molecule has 0 aromatic carbocycles. The Kier molecular flexibility index (Phi) is 46.2. The average molecular weight is 816 g/mol. The van der Waals surface area contributed by atoms with Gasteiger partial charge >= 0.3 is 5.97 Å². The van der Waals surface area contributed by atoms with Crippen LogP contribution in [0.2, 0.25) is 0 Å². The van der Waals surface area contributed by atoms with Gasteiger partial charge in [-0.25, -0.2) is 0 Å². The van der Waals surface area contributed by atoms with Crippen LogP contribution in [-0.4, -0.2) is 47.4 Å². The standard InChI is InChI=1S/C52H97NO5/c1-3-5-7-9-11-13-14-22-26-30-34-38-42-46-52(57)58-47-43-39-35-31-27-24-21-19-17-15-16-18-20-23-25-29-33-37-41-45-51(56)53-49(48-54)50(55)44-40-36-32-28-12-10-8-6-4-2/h7,9,13-16,49-50,54-55H,3-6,8,10-12,17-48H2,1-2H3,(H,53,56)/b9-7-,14-13-,16-15-. The number of nitrogens with one attached hydrogen (secondary N) is 1. The lowest BCUT2D eigenvalue weighted by Gasteiger charge is -2.22. The fraction of sp³-hybridized carbons (Fsp3) is 0.846. The van der Waals surface area contributed by atoms with Gasteiger partial charge in [0.25, 0.3) is 0 Å². The van der Waals surface area contributed by atoms with Crippen LogP contribution in [-0.2, 0) is 14.3 Å². The summed E-state index contributed by atoms with van der Waals surface area (Å²) < 4.78 is 5.45. The van der Waals surface area contributed by atoms with Crippen LogP contribution in [0.5, 0.6) is 0 Å². The summed E-state index contributed by atoms with van der Waals surface area (Å²) in [6, 6.07) is -0.547. The number of unbranched alkanes of at least 4 members (excludes halogenated alkanes) is 29. The molecular weight excluding hydrogens is 719 g/mol. The summed E-state index contributed by atoms with van der Waals surface area (Å²) in [4.78, 5) is 24.4. The molecule has 0 spiro atoms. The summed E-state index contributed by atoms with van der Waals surface area (Å²) >= 11 is 0. The Morgan fingerprint density at radius 1 is 0.483 bits per heavy atom. The van der Waals surface area contributed by atoms with Crippen molar-refractivity contribution in [2.24, 2.45) is 0 Å².